The Hall–Kier alpha value is -3.87. The predicted molar refractivity (Wildman–Crippen MR) is 184 cm³/mol. The summed E-state index contributed by atoms with van der Waals surface area (Å²) in [4.78, 5) is 20.0. The highest BCUT2D eigenvalue weighted by molar-refractivity contribution is 7.16. The number of carbonyl (C=O) groups excluding carboxylic acids is 1. The molecular formula is C37H39ClN2O3S. The van der Waals surface area contributed by atoms with Crippen LogP contribution in [0.15, 0.2) is 78.3 Å². The molecule has 0 spiro atoms. The number of carbonyl (C=O) groups is 1. The Morgan fingerprint density at radius 2 is 1.80 bits per heavy atom. The van der Waals surface area contributed by atoms with Gasteiger partial charge in [0, 0.05) is 32.9 Å². The molecule has 0 aliphatic heterocycles. The van der Waals surface area contributed by atoms with Crippen LogP contribution >= 0.6 is 22.9 Å². The Balaban J connectivity index is 1.49. The second-order valence-electron chi connectivity index (χ2n) is 11.0. The van der Waals surface area contributed by atoms with Crippen molar-refractivity contribution in [1.29, 1.82) is 0 Å². The predicted octanol–water partition coefficient (Wildman–Crippen LogP) is 10.1. The van der Waals surface area contributed by atoms with Crippen molar-refractivity contribution in [1.82, 2.24) is 0 Å². The Labute approximate surface area is 269 Å². The van der Waals surface area contributed by atoms with Gasteiger partial charge in [0.25, 0.3) is 5.91 Å². The van der Waals surface area contributed by atoms with E-state index in [4.69, 9.17) is 26.1 Å². The number of amides is 1. The van der Waals surface area contributed by atoms with Crippen LogP contribution in [0.25, 0.3) is 0 Å². The fourth-order valence-corrected chi connectivity index (χ4v) is 6.87. The van der Waals surface area contributed by atoms with Gasteiger partial charge in [-0.1, -0.05) is 66.4 Å². The number of benzene rings is 3. The quantitative estimate of drug-likeness (QED) is 0.133. The van der Waals surface area contributed by atoms with Gasteiger partial charge in [-0.2, -0.15) is 0 Å². The van der Waals surface area contributed by atoms with Crippen molar-refractivity contribution in [3.8, 4) is 11.5 Å². The van der Waals surface area contributed by atoms with Crippen LogP contribution in [-0.2, 0) is 25.9 Å². The lowest BCUT2D eigenvalue weighted by atomic mass is 9.96. The lowest BCUT2D eigenvalue weighted by Crippen LogP contribution is -2.14. The zero-order valence-electron chi connectivity index (χ0n) is 25.5. The van der Waals surface area contributed by atoms with Crippen LogP contribution in [0, 0.1) is 6.92 Å². The lowest BCUT2D eigenvalue weighted by molar-refractivity contribution is 0.102. The van der Waals surface area contributed by atoms with Crippen molar-refractivity contribution in [2.24, 2.45) is 4.99 Å². The normalized spacial score (nSPS) is 13.2. The third kappa shape index (κ3) is 7.79. The van der Waals surface area contributed by atoms with Crippen molar-refractivity contribution < 1.29 is 14.3 Å². The van der Waals surface area contributed by atoms with E-state index in [9.17, 15) is 4.79 Å². The van der Waals surface area contributed by atoms with Gasteiger partial charge in [0.15, 0.2) is 11.5 Å². The molecule has 0 unspecified atom stereocenters. The first kappa shape index (κ1) is 31.6. The SMILES string of the molecule is C=CCc1cc(C=Nc2sc3c(c2C(=O)Nc2ccc(C)cc2)CCCCCC3)cc(OCC)c1OCc1ccccc1Cl. The fraction of sp³-hybridized carbons (Fsp3) is 0.297. The van der Waals surface area contributed by atoms with Crippen LogP contribution in [0.2, 0.25) is 5.02 Å². The first-order chi connectivity index (χ1) is 21.5. The molecule has 5 rings (SSSR count). The highest BCUT2D eigenvalue weighted by Gasteiger charge is 2.24. The third-order valence-electron chi connectivity index (χ3n) is 7.67. The Morgan fingerprint density at radius 1 is 1.02 bits per heavy atom. The second kappa shape index (κ2) is 15.2. The number of rotatable bonds is 11. The number of hydrogen-bond donors (Lipinski definition) is 1. The molecule has 1 heterocycles. The van der Waals surface area contributed by atoms with Crippen LogP contribution in [0.3, 0.4) is 0 Å². The highest BCUT2D eigenvalue weighted by atomic mass is 35.5. The summed E-state index contributed by atoms with van der Waals surface area (Å²) in [5.41, 5.74) is 6.48. The van der Waals surface area contributed by atoms with Gasteiger partial charge in [-0.25, -0.2) is 4.99 Å². The van der Waals surface area contributed by atoms with Crippen LogP contribution in [0.5, 0.6) is 11.5 Å². The van der Waals surface area contributed by atoms with E-state index >= 15 is 0 Å². The number of allylic oxidation sites excluding steroid dienone is 1. The minimum Gasteiger partial charge on any atom is -0.490 e. The van der Waals surface area contributed by atoms with Gasteiger partial charge in [-0.3, -0.25) is 4.79 Å². The van der Waals surface area contributed by atoms with Crippen molar-refractivity contribution in [3.63, 3.8) is 0 Å². The Kier molecular flexibility index (Phi) is 10.9. The molecule has 1 aliphatic rings. The molecule has 4 aromatic rings. The zero-order valence-corrected chi connectivity index (χ0v) is 27.0. The molecule has 1 aliphatic carbocycles. The number of nitrogens with zero attached hydrogens (tertiary/aromatic N) is 1. The minimum atomic E-state index is -0.107. The summed E-state index contributed by atoms with van der Waals surface area (Å²) in [5.74, 6) is 1.20. The topological polar surface area (TPSA) is 59.9 Å². The number of aliphatic imine (C=N–C) groups is 1. The van der Waals surface area contributed by atoms with E-state index in [0.29, 0.717) is 41.7 Å². The average molecular weight is 627 g/mol. The van der Waals surface area contributed by atoms with E-state index in [1.807, 2.05) is 86.8 Å². The van der Waals surface area contributed by atoms with Gasteiger partial charge < -0.3 is 14.8 Å². The number of fused-ring (bicyclic) bond motifs is 1. The summed E-state index contributed by atoms with van der Waals surface area (Å²) in [6, 6.07) is 19.5. The maximum absolute atomic E-state index is 13.8. The number of hydrogen-bond acceptors (Lipinski definition) is 5. The molecule has 0 fully saturated rings. The van der Waals surface area contributed by atoms with Crippen LogP contribution in [-0.4, -0.2) is 18.7 Å². The van der Waals surface area contributed by atoms with Crippen molar-refractivity contribution >= 4 is 45.7 Å². The summed E-state index contributed by atoms with van der Waals surface area (Å²) < 4.78 is 12.3. The molecule has 0 saturated carbocycles. The molecule has 0 saturated heterocycles. The van der Waals surface area contributed by atoms with Crippen LogP contribution in [0.4, 0.5) is 10.7 Å². The molecule has 7 heteroatoms. The minimum absolute atomic E-state index is 0.107. The van der Waals surface area contributed by atoms with Gasteiger partial charge in [0.2, 0.25) is 0 Å². The Morgan fingerprint density at radius 3 is 2.55 bits per heavy atom. The summed E-state index contributed by atoms with van der Waals surface area (Å²) in [5, 5.41) is 4.52. The van der Waals surface area contributed by atoms with E-state index in [0.717, 1.165) is 64.2 Å². The number of thiophene rings is 1. The second-order valence-corrected chi connectivity index (χ2v) is 12.5. The molecule has 3 aromatic carbocycles. The highest BCUT2D eigenvalue weighted by Crippen LogP contribution is 2.40. The molecule has 5 nitrogen and oxygen atoms in total. The number of aryl methyl sites for hydroxylation is 2. The summed E-state index contributed by atoms with van der Waals surface area (Å²) >= 11 is 8.03. The van der Waals surface area contributed by atoms with Crippen molar-refractivity contribution in [3.05, 3.63) is 117 Å². The molecular weight excluding hydrogens is 588 g/mol. The zero-order chi connectivity index (χ0) is 30.9. The standard InChI is InChI=1S/C37H39ClN2O3S/c1-4-12-27-21-26(22-32(42-5-2)35(27)43-24-28-13-10-11-15-31(28)38)23-39-37-34(30-14-8-6-7-9-16-33(30)44-37)36(41)40-29-19-17-25(3)18-20-29/h4,10-11,13,15,17-23H,1,5-9,12,14,16,24H2,2-3H3,(H,40,41). The molecule has 0 bridgehead atoms. The first-order valence-corrected chi connectivity index (χ1v) is 16.5. The molecule has 1 amide bonds. The number of halogens is 1. The van der Waals surface area contributed by atoms with Crippen LogP contribution in [0.1, 0.15) is 75.7 Å². The van der Waals surface area contributed by atoms with Gasteiger partial charge >= 0.3 is 0 Å². The van der Waals surface area contributed by atoms with Gasteiger partial charge in [0.05, 0.1) is 12.2 Å². The van der Waals surface area contributed by atoms with Crippen molar-refractivity contribution in [2.45, 2.75) is 65.4 Å². The number of ether oxygens (including phenoxy) is 2. The maximum atomic E-state index is 13.8. The van der Waals surface area contributed by atoms with Gasteiger partial charge in [-0.15, -0.1) is 17.9 Å². The summed E-state index contributed by atoms with van der Waals surface area (Å²) in [6.45, 7) is 8.75. The summed E-state index contributed by atoms with van der Waals surface area (Å²) in [6.07, 6.45) is 10.8. The molecule has 228 valence electrons. The van der Waals surface area contributed by atoms with Crippen LogP contribution < -0.4 is 14.8 Å². The number of nitrogens with one attached hydrogen (secondary N) is 1. The Bertz CT molecular complexity index is 1640. The van der Waals surface area contributed by atoms with Gasteiger partial charge in [-0.05, 0) is 87.4 Å². The largest absolute Gasteiger partial charge is 0.490 e. The fourth-order valence-electron chi connectivity index (χ4n) is 5.45. The van der Waals surface area contributed by atoms with E-state index < -0.39 is 0 Å². The number of anilines is 1. The van der Waals surface area contributed by atoms with E-state index in [2.05, 4.69) is 11.9 Å². The van der Waals surface area contributed by atoms with Crippen molar-refractivity contribution in [2.75, 3.05) is 11.9 Å². The van der Waals surface area contributed by atoms with E-state index in [1.165, 1.54) is 17.7 Å². The molecule has 1 N–H and O–H groups in total. The van der Waals surface area contributed by atoms with E-state index in [-0.39, 0.29) is 5.91 Å². The van der Waals surface area contributed by atoms with E-state index in [1.54, 1.807) is 11.3 Å². The lowest BCUT2D eigenvalue weighted by Gasteiger charge is -2.17. The summed E-state index contributed by atoms with van der Waals surface area (Å²) in [7, 11) is 0. The molecule has 0 atom stereocenters. The molecule has 1 aromatic heterocycles. The molecule has 44 heavy (non-hydrogen) atoms. The maximum Gasteiger partial charge on any atom is 0.259 e. The first-order valence-electron chi connectivity index (χ1n) is 15.3. The monoisotopic (exact) mass is 626 g/mol. The smallest absolute Gasteiger partial charge is 0.259 e. The third-order valence-corrected chi connectivity index (χ3v) is 9.24. The average Bonchev–Trinajstić information content (AvgIpc) is 3.34. The van der Waals surface area contributed by atoms with Gasteiger partial charge in [0.1, 0.15) is 11.6 Å². The molecule has 0 radical (unpaired) electrons.